The molecule has 6 nitrogen and oxygen atoms in total. The van der Waals surface area contributed by atoms with Crippen molar-refractivity contribution >= 4 is 11.7 Å². The maximum Gasteiger partial charge on any atom is 0.322 e. The number of benzene rings is 1. The van der Waals surface area contributed by atoms with E-state index >= 15 is 0 Å². The minimum atomic E-state index is -0.131. The third kappa shape index (κ3) is 6.72. The molecule has 0 fully saturated rings. The van der Waals surface area contributed by atoms with Gasteiger partial charge in [0.25, 0.3) is 0 Å². The van der Waals surface area contributed by atoms with Crippen LogP contribution in [-0.4, -0.2) is 54.1 Å². The van der Waals surface area contributed by atoms with Gasteiger partial charge in [0.05, 0.1) is 6.10 Å². The number of carbonyl (C=O) groups is 1. The SMILES string of the molecule is CC(C)Oc1ccc(NC(=O)N(CCN(C)C)Cc2cccnc2)cc1. The van der Waals surface area contributed by atoms with E-state index < -0.39 is 0 Å². The lowest BCUT2D eigenvalue weighted by Gasteiger charge is -2.25. The molecule has 1 aromatic heterocycles. The molecule has 1 heterocycles. The number of hydrogen-bond acceptors (Lipinski definition) is 4. The van der Waals surface area contributed by atoms with Crippen LogP contribution in [0.15, 0.2) is 48.8 Å². The first-order chi connectivity index (χ1) is 12.4. The summed E-state index contributed by atoms with van der Waals surface area (Å²) in [5, 5.41) is 2.96. The normalized spacial score (nSPS) is 10.8. The monoisotopic (exact) mass is 356 g/mol. The second kappa shape index (κ2) is 9.77. The highest BCUT2D eigenvalue weighted by Gasteiger charge is 2.15. The van der Waals surface area contributed by atoms with Crippen LogP contribution in [0.3, 0.4) is 0 Å². The maximum absolute atomic E-state index is 12.7. The van der Waals surface area contributed by atoms with Gasteiger partial charge in [0.15, 0.2) is 0 Å². The average molecular weight is 356 g/mol. The number of nitrogens with zero attached hydrogens (tertiary/aromatic N) is 3. The lowest BCUT2D eigenvalue weighted by atomic mass is 10.2. The molecule has 1 aromatic carbocycles. The van der Waals surface area contributed by atoms with Crippen molar-refractivity contribution in [3.8, 4) is 5.75 Å². The molecule has 2 aromatic rings. The number of likely N-dealkylation sites (N-methyl/N-ethyl adjacent to an activating group) is 1. The number of anilines is 1. The van der Waals surface area contributed by atoms with Crippen LogP contribution in [0.2, 0.25) is 0 Å². The van der Waals surface area contributed by atoms with Crippen molar-refractivity contribution < 1.29 is 9.53 Å². The molecule has 26 heavy (non-hydrogen) atoms. The Labute approximate surface area is 155 Å². The molecule has 0 radical (unpaired) electrons. The number of urea groups is 1. The number of hydrogen-bond donors (Lipinski definition) is 1. The number of pyridine rings is 1. The van der Waals surface area contributed by atoms with Gasteiger partial charge in [-0.2, -0.15) is 0 Å². The topological polar surface area (TPSA) is 57.7 Å². The number of amides is 2. The van der Waals surface area contributed by atoms with Gasteiger partial charge in [0, 0.05) is 37.7 Å². The smallest absolute Gasteiger partial charge is 0.322 e. The van der Waals surface area contributed by atoms with E-state index in [1.807, 2.05) is 64.3 Å². The first-order valence-corrected chi connectivity index (χ1v) is 8.80. The van der Waals surface area contributed by atoms with Crippen molar-refractivity contribution in [3.63, 3.8) is 0 Å². The molecule has 0 aliphatic heterocycles. The molecular weight excluding hydrogens is 328 g/mol. The zero-order valence-electron chi connectivity index (χ0n) is 16.0. The fourth-order valence-corrected chi connectivity index (χ4v) is 2.38. The predicted molar refractivity (Wildman–Crippen MR) is 104 cm³/mol. The van der Waals surface area contributed by atoms with Gasteiger partial charge in [0.1, 0.15) is 5.75 Å². The number of ether oxygens (including phenoxy) is 1. The summed E-state index contributed by atoms with van der Waals surface area (Å²) in [5.41, 5.74) is 1.74. The van der Waals surface area contributed by atoms with Crippen molar-refractivity contribution in [1.29, 1.82) is 0 Å². The highest BCUT2D eigenvalue weighted by atomic mass is 16.5. The van der Waals surface area contributed by atoms with E-state index in [4.69, 9.17) is 4.74 Å². The summed E-state index contributed by atoms with van der Waals surface area (Å²) >= 11 is 0. The van der Waals surface area contributed by atoms with Gasteiger partial charge in [-0.15, -0.1) is 0 Å². The van der Waals surface area contributed by atoms with Crippen LogP contribution in [0, 0.1) is 0 Å². The van der Waals surface area contributed by atoms with Crippen LogP contribution in [0.25, 0.3) is 0 Å². The summed E-state index contributed by atoms with van der Waals surface area (Å²) in [6, 6.07) is 11.1. The molecule has 0 atom stereocenters. The molecule has 140 valence electrons. The molecule has 0 spiro atoms. The zero-order valence-corrected chi connectivity index (χ0v) is 16.0. The Morgan fingerprint density at radius 3 is 2.46 bits per heavy atom. The van der Waals surface area contributed by atoms with E-state index in [0.717, 1.165) is 23.5 Å². The summed E-state index contributed by atoms with van der Waals surface area (Å²) in [4.78, 5) is 20.7. The minimum absolute atomic E-state index is 0.122. The lowest BCUT2D eigenvalue weighted by Crippen LogP contribution is -2.39. The first kappa shape index (κ1) is 19.7. The van der Waals surface area contributed by atoms with Crippen LogP contribution >= 0.6 is 0 Å². The Morgan fingerprint density at radius 2 is 1.88 bits per heavy atom. The van der Waals surface area contributed by atoms with E-state index in [9.17, 15) is 4.79 Å². The third-order valence-electron chi connectivity index (χ3n) is 3.68. The third-order valence-corrected chi connectivity index (χ3v) is 3.68. The van der Waals surface area contributed by atoms with E-state index in [1.54, 1.807) is 17.3 Å². The highest BCUT2D eigenvalue weighted by molar-refractivity contribution is 5.89. The van der Waals surface area contributed by atoms with Gasteiger partial charge in [-0.3, -0.25) is 4.98 Å². The fourth-order valence-electron chi connectivity index (χ4n) is 2.38. The molecule has 6 heteroatoms. The molecule has 0 bridgehead atoms. The van der Waals surface area contributed by atoms with Crippen LogP contribution in [-0.2, 0) is 6.54 Å². The van der Waals surface area contributed by atoms with Crippen LogP contribution in [0.5, 0.6) is 5.75 Å². The van der Waals surface area contributed by atoms with Crippen molar-refractivity contribution in [2.75, 3.05) is 32.5 Å². The van der Waals surface area contributed by atoms with Crippen molar-refractivity contribution in [1.82, 2.24) is 14.8 Å². The van der Waals surface area contributed by atoms with Crippen LogP contribution in [0.1, 0.15) is 19.4 Å². The highest BCUT2D eigenvalue weighted by Crippen LogP contribution is 2.17. The number of aromatic nitrogens is 1. The number of rotatable bonds is 8. The van der Waals surface area contributed by atoms with E-state index in [1.165, 1.54) is 0 Å². The largest absolute Gasteiger partial charge is 0.491 e. The molecule has 0 aliphatic rings. The van der Waals surface area contributed by atoms with Gasteiger partial charge < -0.3 is 19.9 Å². The summed E-state index contributed by atoms with van der Waals surface area (Å²) < 4.78 is 5.63. The van der Waals surface area contributed by atoms with Gasteiger partial charge in [0.2, 0.25) is 0 Å². The summed E-state index contributed by atoms with van der Waals surface area (Å²) in [6.45, 7) is 5.90. The summed E-state index contributed by atoms with van der Waals surface area (Å²) in [6.07, 6.45) is 3.64. The summed E-state index contributed by atoms with van der Waals surface area (Å²) in [5.74, 6) is 0.790. The second-order valence-corrected chi connectivity index (χ2v) is 6.71. The minimum Gasteiger partial charge on any atom is -0.491 e. The quantitative estimate of drug-likeness (QED) is 0.787. The molecule has 0 saturated heterocycles. The molecule has 0 unspecified atom stereocenters. The van der Waals surface area contributed by atoms with E-state index in [-0.39, 0.29) is 12.1 Å². The molecule has 0 aliphatic carbocycles. The molecule has 1 N–H and O–H groups in total. The Balaban J connectivity index is 2.02. The average Bonchev–Trinajstić information content (AvgIpc) is 2.60. The van der Waals surface area contributed by atoms with Crippen molar-refractivity contribution in [2.24, 2.45) is 0 Å². The van der Waals surface area contributed by atoms with Crippen molar-refractivity contribution in [3.05, 3.63) is 54.4 Å². The summed E-state index contributed by atoms with van der Waals surface area (Å²) in [7, 11) is 3.99. The predicted octanol–water partition coefficient (Wildman–Crippen LogP) is 3.46. The second-order valence-electron chi connectivity index (χ2n) is 6.71. The van der Waals surface area contributed by atoms with Crippen LogP contribution < -0.4 is 10.1 Å². The molecule has 2 amide bonds. The van der Waals surface area contributed by atoms with Crippen molar-refractivity contribution in [2.45, 2.75) is 26.5 Å². The Kier molecular flexibility index (Phi) is 7.41. The Morgan fingerprint density at radius 1 is 1.15 bits per heavy atom. The van der Waals surface area contributed by atoms with Crippen LogP contribution in [0.4, 0.5) is 10.5 Å². The first-order valence-electron chi connectivity index (χ1n) is 8.80. The maximum atomic E-state index is 12.7. The molecular formula is C20H28N4O2. The van der Waals surface area contributed by atoms with Gasteiger partial charge >= 0.3 is 6.03 Å². The zero-order chi connectivity index (χ0) is 18.9. The van der Waals surface area contributed by atoms with E-state index in [0.29, 0.717) is 13.1 Å². The Hall–Kier alpha value is -2.60. The number of nitrogens with one attached hydrogen (secondary N) is 1. The van der Waals surface area contributed by atoms with Gasteiger partial charge in [-0.1, -0.05) is 6.07 Å². The fraction of sp³-hybridized carbons (Fsp3) is 0.400. The lowest BCUT2D eigenvalue weighted by molar-refractivity contribution is 0.202. The molecule has 0 saturated carbocycles. The number of carbonyl (C=O) groups excluding carboxylic acids is 1. The molecule has 2 rings (SSSR count). The van der Waals surface area contributed by atoms with Gasteiger partial charge in [-0.05, 0) is 63.8 Å². The van der Waals surface area contributed by atoms with E-state index in [2.05, 4.69) is 15.2 Å². The van der Waals surface area contributed by atoms with Gasteiger partial charge in [-0.25, -0.2) is 4.79 Å². The standard InChI is InChI=1S/C20H28N4O2/c1-16(2)26-19-9-7-18(8-10-19)22-20(25)24(13-12-23(3)4)15-17-6-5-11-21-14-17/h5-11,14,16H,12-13,15H2,1-4H3,(H,22,25). The Bertz CT molecular complexity index is 672.